The molecule has 1 saturated heterocycles. The Hall–Kier alpha value is -1.26. The van der Waals surface area contributed by atoms with Crippen LogP contribution in [0.25, 0.3) is 0 Å². The highest BCUT2D eigenvalue weighted by atomic mass is 16.6. The smallest absolute Gasteiger partial charge is 0.161 e. The third kappa shape index (κ3) is 2.87. The molecule has 0 aromatic heterocycles. The number of hydrogen-bond donors (Lipinski definition) is 1. The fourth-order valence-corrected chi connectivity index (χ4v) is 3.58. The maximum atomic E-state index is 5.65. The summed E-state index contributed by atoms with van der Waals surface area (Å²) in [5.41, 5.74) is 1.27. The van der Waals surface area contributed by atoms with E-state index in [1.807, 2.05) is 6.07 Å². The Balaban J connectivity index is 1.34. The van der Waals surface area contributed by atoms with Crippen molar-refractivity contribution >= 4 is 0 Å². The van der Waals surface area contributed by atoms with Gasteiger partial charge in [0.25, 0.3) is 0 Å². The molecule has 0 radical (unpaired) electrons. The number of nitrogens with one attached hydrogen (secondary N) is 1. The Morgan fingerprint density at radius 3 is 2.81 bits per heavy atom. The fraction of sp³-hybridized carbons (Fsp3) is 0.647. The van der Waals surface area contributed by atoms with Crippen LogP contribution in [0.5, 0.6) is 11.5 Å². The molecule has 2 atom stereocenters. The van der Waals surface area contributed by atoms with Crippen molar-refractivity contribution in [2.75, 3.05) is 19.8 Å². The Morgan fingerprint density at radius 1 is 1.19 bits per heavy atom. The predicted octanol–water partition coefficient (Wildman–Crippen LogP) is 2.17. The van der Waals surface area contributed by atoms with Crippen LogP contribution in [0.3, 0.4) is 0 Å². The quantitative estimate of drug-likeness (QED) is 0.920. The number of benzene rings is 1. The summed E-state index contributed by atoms with van der Waals surface area (Å²) >= 11 is 0. The van der Waals surface area contributed by atoms with E-state index < -0.39 is 0 Å². The van der Waals surface area contributed by atoms with Crippen LogP contribution in [-0.4, -0.2) is 42.8 Å². The first-order valence-corrected chi connectivity index (χ1v) is 8.17. The first-order valence-electron chi connectivity index (χ1n) is 8.17. The fourth-order valence-electron chi connectivity index (χ4n) is 3.58. The first-order chi connectivity index (χ1) is 10.3. The average molecular weight is 288 g/mol. The molecule has 2 aliphatic heterocycles. The minimum atomic E-state index is 0.619. The average Bonchev–Trinajstić information content (AvgIpc) is 3.28. The normalized spacial score (nSPS) is 28.8. The van der Waals surface area contributed by atoms with Crippen molar-refractivity contribution in [1.29, 1.82) is 0 Å². The molecule has 4 heteroatoms. The third-order valence-corrected chi connectivity index (χ3v) is 4.84. The van der Waals surface area contributed by atoms with E-state index in [1.54, 1.807) is 0 Å². The molecule has 1 aliphatic carbocycles. The van der Waals surface area contributed by atoms with Crippen molar-refractivity contribution in [3.05, 3.63) is 23.8 Å². The van der Waals surface area contributed by atoms with Crippen molar-refractivity contribution < 1.29 is 9.47 Å². The minimum Gasteiger partial charge on any atom is -0.486 e. The van der Waals surface area contributed by atoms with E-state index in [0.717, 1.165) is 30.1 Å². The zero-order chi connectivity index (χ0) is 14.2. The summed E-state index contributed by atoms with van der Waals surface area (Å²) in [7, 11) is 0. The second kappa shape index (κ2) is 5.50. The van der Waals surface area contributed by atoms with Crippen molar-refractivity contribution in [1.82, 2.24) is 10.2 Å². The lowest BCUT2D eigenvalue weighted by Crippen LogP contribution is -2.33. The van der Waals surface area contributed by atoms with Gasteiger partial charge in [-0.2, -0.15) is 0 Å². The molecule has 4 nitrogen and oxygen atoms in total. The molecule has 1 saturated carbocycles. The molecule has 0 spiro atoms. The van der Waals surface area contributed by atoms with E-state index in [9.17, 15) is 0 Å². The highest BCUT2D eigenvalue weighted by molar-refractivity contribution is 5.43. The first kappa shape index (κ1) is 13.4. The molecule has 0 bridgehead atoms. The largest absolute Gasteiger partial charge is 0.486 e. The highest BCUT2D eigenvalue weighted by Crippen LogP contribution is 2.34. The zero-order valence-corrected chi connectivity index (χ0v) is 12.7. The lowest BCUT2D eigenvalue weighted by Gasteiger charge is -2.20. The molecule has 114 valence electrons. The molecule has 1 aromatic rings. The van der Waals surface area contributed by atoms with E-state index in [4.69, 9.17) is 9.47 Å². The molecule has 1 aromatic carbocycles. The van der Waals surface area contributed by atoms with Gasteiger partial charge in [0.1, 0.15) is 13.2 Å². The van der Waals surface area contributed by atoms with Crippen LogP contribution in [0.15, 0.2) is 18.2 Å². The lowest BCUT2D eigenvalue weighted by atomic mass is 10.1. The van der Waals surface area contributed by atoms with Crippen LogP contribution in [0.2, 0.25) is 0 Å². The van der Waals surface area contributed by atoms with Gasteiger partial charge in [0.2, 0.25) is 0 Å². The molecule has 2 fully saturated rings. The van der Waals surface area contributed by atoms with Crippen LogP contribution in [0, 0.1) is 0 Å². The van der Waals surface area contributed by atoms with Crippen LogP contribution in [-0.2, 0) is 6.54 Å². The van der Waals surface area contributed by atoms with Gasteiger partial charge in [0.05, 0.1) is 0 Å². The van der Waals surface area contributed by atoms with Gasteiger partial charge in [-0.05, 0) is 43.9 Å². The van der Waals surface area contributed by atoms with Crippen LogP contribution in [0.1, 0.15) is 31.7 Å². The summed E-state index contributed by atoms with van der Waals surface area (Å²) in [6.07, 6.45) is 4.07. The van der Waals surface area contributed by atoms with Crippen LogP contribution in [0.4, 0.5) is 0 Å². The van der Waals surface area contributed by atoms with Gasteiger partial charge in [-0.1, -0.05) is 6.07 Å². The highest BCUT2D eigenvalue weighted by Gasteiger charge is 2.38. The van der Waals surface area contributed by atoms with E-state index >= 15 is 0 Å². The molecular formula is C17H24N2O2. The van der Waals surface area contributed by atoms with Crippen molar-refractivity contribution in [3.8, 4) is 11.5 Å². The maximum Gasteiger partial charge on any atom is 0.161 e. The number of ether oxygens (including phenoxy) is 2. The van der Waals surface area contributed by atoms with E-state index in [2.05, 4.69) is 29.3 Å². The monoisotopic (exact) mass is 288 g/mol. The number of nitrogens with zero attached hydrogens (tertiary/aromatic N) is 1. The van der Waals surface area contributed by atoms with Crippen molar-refractivity contribution in [3.63, 3.8) is 0 Å². The number of fused-ring (bicyclic) bond motifs is 1. The number of likely N-dealkylation sites (tertiary alicyclic amines) is 1. The molecular weight excluding hydrogens is 264 g/mol. The Kier molecular flexibility index (Phi) is 3.51. The van der Waals surface area contributed by atoms with Gasteiger partial charge < -0.3 is 14.8 Å². The SMILES string of the molecule is CC1CC(NCc2ccc3c(c2)OCCO3)CN1C1CC1. The van der Waals surface area contributed by atoms with Gasteiger partial charge >= 0.3 is 0 Å². The molecule has 21 heavy (non-hydrogen) atoms. The molecule has 0 amide bonds. The summed E-state index contributed by atoms with van der Waals surface area (Å²) in [6.45, 7) is 5.79. The topological polar surface area (TPSA) is 33.7 Å². The Labute approximate surface area is 126 Å². The third-order valence-electron chi connectivity index (χ3n) is 4.84. The summed E-state index contributed by atoms with van der Waals surface area (Å²) in [6, 6.07) is 8.50. The summed E-state index contributed by atoms with van der Waals surface area (Å²) in [5, 5.41) is 3.71. The van der Waals surface area contributed by atoms with Crippen molar-refractivity contribution in [2.45, 2.75) is 50.9 Å². The molecule has 1 N–H and O–H groups in total. The second-order valence-corrected chi connectivity index (χ2v) is 6.57. The lowest BCUT2D eigenvalue weighted by molar-refractivity contribution is 0.171. The molecule has 2 heterocycles. The molecule has 4 rings (SSSR count). The van der Waals surface area contributed by atoms with E-state index in [1.165, 1.54) is 31.4 Å². The minimum absolute atomic E-state index is 0.619. The molecule has 2 unspecified atom stereocenters. The second-order valence-electron chi connectivity index (χ2n) is 6.57. The molecule has 3 aliphatic rings. The van der Waals surface area contributed by atoms with Crippen LogP contribution >= 0.6 is 0 Å². The zero-order valence-electron chi connectivity index (χ0n) is 12.7. The predicted molar refractivity (Wildman–Crippen MR) is 81.9 cm³/mol. The van der Waals surface area contributed by atoms with Gasteiger partial charge in [-0.3, -0.25) is 4.90 Å². The Morgan fingerprint density at radius 2 is 2.00 bits per heavy atom. The van der Waals surface area contributed by atoms with E-state index in [0.29, 0.717) is 19.3 Å². The van der Waals surface area contributed by atoms with Crippen LogP contribution < -0.4 is 14.8 Å². The van der Waals surface area contributed by atoms with E-state index in [-0.39, 0.29) is 0 Å². The summed E-state index contributed by atoms with van der Waals surface area (Å²) < 4.78 is 11.2. The van der Waals surface area contributed by atoms with Gasteiger partial charge in [-0.15, -0.1) is 0 Å². The summed E-state index contributed by atoms with van der Waals surface area (Å²) in [5.74, 6) is 1.76. The van der Waals surface area contributed by atoms with Gasteiger partial charge in [0, 0.05) is 31.2 Å². The number of hydrogen-bond acceptors (Lipinski definition) is 4. The summed E-state index contributed by atoms with van der Waals surface area (Å²) in [4.78, 5) is 2.68. The van der Waals surface area contributed by atoms with Crippen molar-refractivity contribution in [2.24, 2.45) is 0 Å². The van der Waals surface area contributed by atoms with Gasteiger partial charge in [-0.25, -0.2) is 0 Å². The van der Waals surface area contributed by atoms with Gasteiger partial charge in [0.15, 0.2) is 11.5 Å². The standard InChI is InChI=1S/C17H24N2O2/c1-12-8-14(11-19(12)15-3-4-15)18-10-13-2-5-16-17(9-13)21-7-6-20-16/h2,5,9,12,14-15,18H,3-4,6-8,10-11H2,1H3. The maximum absolute atomic E-state index is 5.65. The Bertz CT molecular complexity index is 516. The number of rotatable bonds is 4.